The molecule has 1 amide bonds. The van der Waals surface area contributed by atoms with Crippen molar-refractivity contribution in [3.05, 3.63) is 90.3 Å². The summed E-state index contributed by atoms with van der Waals surface area (Å²) in [6, 6.07) is 21.4. The van der Waals surface area contributed by atoms with E-state index in [9.17, 15) is 4.79 Å². The summed E-state index contributed by atoms with van der Waals surface area (Å²) < 4.78 is 1.66. The van der Waals surface area contributed by atoms with Crippen LogP contribution in [-0.2, 0) is 0 Å². The number of rotatable bonds is 3. The van der Waals surface area contributed by atoms with E-state index in [1.54, 1.807) is 16.8 Å². The van der Waals surface area contributed by atoms with Crippen molar-refractivity contribution in [2.45, 2.75) is 6.92 Å². The monoisotopic (exact) mass is 289 g/mol. The Morgan fingerprint density at radius 2 is 1.50 bits per heavy atom. The summed E-state index contributed by atoms with van der Waals surface area (Å²) in [6.45, 7) is 2.09. The van der Waals surface area contributed by atoms with Gasteiger partial charge in [-0.25, -0.2) is 0 Å². The van der Waals surface area contributed by atoms with Gasteiger partial charge in [0.2, 0.25) is 12.4 Å². The summed E-state index contributed by atoms with van der Waals surface area (Å²) in [5, 5.41) is 0. The van der Waals surface area contributed by atoms with E-state index in [2.05, 4.69) is 24.5 Å². The van der Waals surface area contributed by atoms with Crippen molar-refractivity contribution in [1.82, 2.24) is 0 Å². The number of pyridine rings is 1. The maximum atomic E-state index is 12.1. The second-order valence-corrected chi connectivity index (χ2v) is 5.12. The van der Waals surface area contributed by atoms with Gasteiger partial charge in [-0.15, -0.1) is 5.43 Å². The molecule has 0 atom stereocenters. The molecule has 108 valence electrons. The Balaban J connectivity index is 1.78. The molecule has 0 radical (unpaired) electrons. The average Bonchev–Trinajstić information content (AvgIpc) is 2.57. The summed E-state index contributed by atoms with van der Waals surface area (Å²) in [6.07, 6.45) is 3.70. The largest absolute Gasteiger partial charge is 0.305 e. The second-order valence-electron chi connectivity index (χ2n) is 5.12. The highest BCUT2D eigenvalue weighted by Crippen LogP contribution is 2.21. The number of nitrogens with one attached hydrogen (secondary N) is 1. The Labute approximate surface area is 129 Å². The first-order valence-corrected chi connectivity index (χ1v) is 7.18. The minimum Gasteiger partial charge on any atom is -0.264 e. The van der Waals surface area contributed by atoms with Gasteiger partial charge in [-0.2, -0.15) is 0 Å². The molecule has 1 N–H and O–H groups in total. The SMILES string of the molecule is Cc1ccccc1-c1cc[n+](NC(=O)c2ccccc2)cc1. The first-order valence-electron chi connectivity index (χ1n) is 7.18. The summed E-state index contributed by atoms with van der Waals surface area (Å²) in [7, 11) is 0. The van der Waals surface area contributed by atoms with E-state index in [-0.39, 0.29) is 5.91 Å². The topological polar surface area (TPSA) is 33.0 Å². The van der Waals surface area contributed by atoms with Crippen LogP contribution in [0.2, 0.25) is 0 Å². The van der Waals surface area contributed by atoms with Crippen molar-refractivity contribution in [3.8, 4) is 11.1 Å². The summed E-state index contributed by atoms with van der Waals surface area (Å²) in [4.78, 5) is 12.1. The van der Waals surface area contributed by atoms with Gasteiger partial charge in [0, 0.05) is 17.7 Å². The first-order chi connectivity index (χ1) is 10.7. The number of nitrogens with zero attached hydrogens (tertiary/aromatic N) is 1. The minimum atomic E-state index is -0.130. The van der Waals surface area contributed by atoms with E-state index in [0.717, 1.165) is 5.56 Å². The van der Waals surface area contributed by atoms with Crippen LogP contribution in [0.25, 0.3) is 11.1 Å². The number of hydrogen-bond donors (Lipinski definition) is 1. The van der Waals surface area contributed by atoms with Crippen LogP contribution >= 0.6 is 0 Å². The van der Waals surface area contributed by atoms with Crippen LogP contribution in [0.5, 0.6) is 0 Å². The Bertz CT molecular complexity index is 780. The Morgan fingerprint density at radius 3 is 2.18 bits per heavy atom. The second kappa shape index (κ2) is 6.22. The molecule has 3 nitrogen and oxygen atoms in total. The van der Waals surface area contributed by atoms with Gasteiger partial charge in [-0.1, -0.05) is 47.1 Å². The lowest BCUT2D eigenvalue weighted by Gasteiger charge is -2.05. The van der Waals surface area contributed by atoms with Gasteiger partial charge in [-0.05, 0) is 35.7 Å². The van der Waals surface area contributed by atoms with Crippen molar-refractivity contribution in [1.29, 1.82) is 0 Å². The Kier molecular flexibility index (Phi) is 3.97. The van der Waals surface area contributed by atoms with Crippen LogP contribution in [-0.4, -0.2) is 5.91 Å². The number of benzene rings is 2. The van der Waals surface area contributed by atoms with E-state index >= 15 is 0 Å². The smallest absolute Gasteiger partial charge is 0.264 e. The zero-order chi connectivity index (χ0) is 15.4. The molecule has 2 aromatic carbocycles. The molecule has 22 heavy (non-hydrogen) atoms. The zero-order valence-electron chi connectivity index (χ0n) is 12.4. The highest BCUT2D eigenvalue weighted by Gasteiger charge is 2.10. The highest BCUT2D eigenvalue weighted by molar-refractivity contribution is 5.98. The molecule has 0 saturated carbocycles. The predicted octanol–water partition coefficient (Wildman–Crippen LogP) is 3.33. The van der Waals surface area contributed by atoms with Crippen LogP contribution in [0.15, 0.2) is 79.1 Å². The molecule has 0 aliphatic rings. The predicted molar refractivity (Wildman–Crippen MR) is 86.9 cm³/mol. The lowest BCUT2D eigenvalue weighted by Crippen LogP contribution is -2.47. The van der Waals surface area contributed by atoms with E-state index in [1.807, 2.05) is 54.9 Å². The van der Waals surface area contributed by atoms with Gasteiger partial charge < -0.3 is 0 Å². The van der Waals surface area contributed by atoms with E-state index in [4.69, 9.17) is 0 Å². The number of hydrogen-bond acceptors (Lipinski definition) is 1. The number of carbonyl (C=O) groups is 1. The molecule has 0 bridgehead atoms. The van der Waals surface area contributed by atoms with Crippen molar-refractivity contribution in [2.75, 3.05) is 5.43 Å². The molecule has 1 aromatic heterocycles. The van der Waals surface area contributed by atoms with Gasteiger partial charge in [0.25, 0.3) is 0 Å². The molecule has 3 heteroatoms. The molecule has 0 unspecified atom stereocenters. The van der Waals surface area contributed by atoms with E-state index in [1.165, 1.54) is 11.1 Å². The van der Waals surface area contributed by atoms with Gasteiger partial charge in [0.05, 0.1) is 0 Å². The molecule has 0 spiro atoms. The Hall–Kier alpha value is -2.94. The fourth-order valence-electron chi connectivity index (χ4n) is 2.35. The number of carbonyl (C=O) groups excluding carboxylic acids is 1. The molecular formula is C19H17N2O+. The average molecular weight is 289 g/mol. The van der Waals surface area contributed by atoms with Gasteiger partial charge in [-0.3, -0.25) is 4.79 Å². The van der Waals surface area contributed by atoms with Crippen LogP contribution in [0.4, 0.5) is 0 Å². The van der Waals surface area contributed by atoms with Crippen molar-refractivity contribution in [2.24, 2.45) is 0 Å². The van der Waals surface area contributed by atoms with Crippen LogP contribution in [0, 0.1) is 6.92 Å². The molecule has 0 aliphatic heterocycles. The summed E-state index contributed by atoms with van der Waals surface area (Å²) in [5.41, 5.74) is 7.02. The summed E-state index contributed by atoms with van der Waals surface area (Å²) >= 11 is 0. The minimum absolute atomic E-state index is 0.130. The molecular weight excluding hydrogens is 272 g/mol. The molecule has 3 rings (SSSR count). The molecule has 0 aliphatic carbocycles. The normalized spacial score (nSPS) is 10.2. The maximum absolute atomic E-state index is 12.1. The maximum Gasteiger partial charge on any atom is 0.305 e. The first kappa shape index (κ1) is 14.0. The Morgan fingerprint density at radius 1 is 0.864 bits per heavy atom. The summed E-state index contributed by atoms with van der Waals surface area (Å²) in [5.74, 6) is -0.130. The number of aryl methyl sites for hydroxylation is 1. The van der Waals surface area contributed by atoms with Crippen molar-refractivity contribution < 1.29 is 9.47 Å². The lowest BCUT2D eigenvalue weighted by molar-refractivity contribution is -0.641. The van der Waals surface area contributed by atoms with Gasteiger partial charge >= 0.3 is 5.91 Å². The van der Waals surface area contributed by atoms with Crippen LogP contribution in [0.1, 0.15) is 15.9 Å². The quantitative estimate of drug-likeness (QED) is 0.737. The zero-order valence-corrected chi connectivity index (χ0v) is 12.4. The van der Waals surface area contributed by atoms with Gasteiger partial charge in [0.1, 0.15) is 0 Å². The van der Waals surface area contributed by atoms with Crippen molar-refractivity contribution in [3.63, 3.8) is 0 Å². The fraction of sp³-hybridized carbons (Fsp3) is 0.0526. The molecule has 0 saturated heterocycles. The van der Waals surface area contributed by atoms with Gasteiger partial charge in [0.15, 0.2) is 0 Å². The number of aromatic nitrogens is 1. The third-order valence-electron chi connectivity index (χ3n) is 3.55. The molecule has 1 heterocycles. The van der Waals surface area contributed by atoms with Crippen LogP contribution in [0.3, 0.4) is 0 Å². The third kappa shape index (κ3) is 3.04. The lowest BCUT2D eigenvalue weighted by atomic mass is 10.0. The third-order valence-corrected chi connectivity index (χ3v) is 3.55. The molecule has 3 aromatic rings. The highest BCUT2D eigenvalue weighted by atomic mass is 16.2. The van der Waals surface area contributed by atoms with Crippen molar-refractivity contribution >= 4 is 5.91 Å². The number of amides is 1. The van der Waals surface area contributed by atoms with E-state index in [0.29, 0.717) is 5.56 Å². The fourth-order valence-corrected chi connectivity index (χ4v) is 2.35. The van der Waals surface area contributed by atoms with E-state index < -0.39 is 0 Å². The standard InChI is InChI=1S/C19H16N2O/c1-15-7-5-6-10-18(15)16-11-13-21(14-12-16)20-19(22)17-8-3-2-4-9-17/h2-14H,1H3/p+1. The van der Waals surface area contributed by atoms with Crippen LogP contribution < -0.4 is 10.1 Å². The molecule has 0 fully saturated rings.